The van der Waals surface area contributed by atoms with E-state index in [2.05, 4.69) is 5.32 Å². The predicted octanol–water partition coefficient (Wildman–Crippen LogP) is -0.733. The maximum absolute atomic E-state index is 12.2. The third kappa shape index (κ3) is 3.58. The van der Waals surface area contributed by atoms with Crippen LogP contribution in [0.3, 0.4) is 0 Å². The second-order valence-electron chi connectivity index (χ2n) is 5.37. The number of aliphatic carboxylic acids is 1. The van der Waals surface area contributed by atoms with Gasteiger partial charge in [-0.1, -0.05) is 0 Å². The number of nitrogens with zero attached hydrogens (tertiary/aromatic N) is 1. The number of carbonyl (C=O) groups is 5. The zero-order valence-corrected chi connectivity index (χ0v) is 13.8. The first kappa shape index (κ1) is 18.0. The number of hydrogen-bond donors (Lipinski definition) is 2. The Morgan fingerprint density at radius 2 is 2.00 bits per heavy atom. The summed E-state index contributed by atoms with van der Waals surface area (Å²) >= 11 is 1.26. The zero-order valence-electron chi connectivity index (χ0n) is 13.0. The fraction of sp³-hybridized carbons (Fsp3) is 0.500. The number of carboxylic acids is 1. The fourth-order valence-electron chi connectivity index (χ4n) is 2.43. The molecule has 2 amide bonds. The van der Waals surface area contributed by atoms with Crippen molar-refractivity contribution in [1.29, 1.82) is 0 Å². The molecule has 0 spiro atoms. The summed E-state index contributed by atoms with van der Waals surface area (Å²) < 4.78 is 4.82. The van der Waals surface area contributed by atoms with Gasteiger partial charge in [0.25, 0.3) is 5.91 Å². The first-order valence-corrected chi connectivity index (χ1v) is 8.09. The molecule has 0 bridgehead atoms. The van der Waals surface area contributed by atoms with Crippen molar-refractivity contribution in [1.82, 2.24) is 10.2 Å². The lowest BCUT2D eigenvalue weighted by Gasteiger charge is -2.49. The molecule has 9 nitrogen and oxygen atoms in total. The number of carbonyl (C=O) groups excluding carboxylic acids is 4. The van der Waals surface area contributed by atoms with Gasteiger partial charge in [0, 0.05) is 18.2 Å². The highest BCUT2D eigenvalue weighted by Crippen LogP contribution is 2.40. The average Bonchev–Trinajstić information content (AvgIpc) is 2.48. The van der Waals surface area contributed by atoms with Gasteiger partial charge in [0.2, 0.25) is 5.91 Å². The van der Waals surface area contributed by atoms with Crippen molar-refractivity contribution in [2.24, 2.45) is 0 Å². The second kappa shape index (κ2) is 7.04. The lowest BCUT2D eigenvalue weighted by atomic mass is 10.0. The van der Waals surface area contributed by atoms with E-state index in [4.69, 9.17) is 4.74 Å². The van der Waals surface area contributed by atoms with Crippen molar-refractivity contribution < 1.29 is 33.8 Å². The summed E-state index contributed by atoms with van der Waals surface area (Å²) in [5.41, 5.74) is 0.0999. The number of fused-ring (bicyclic) bond motifs is 1. The zero-order chi connectivity index (χ0) is 18.0. The maximum Gasteiger partial charge on any atom is 0.352 e. The monoisotopic (exact) mass is 356 g/mol. The van der Waals surface area contributed by atoms with Crippen molar-refractivity contribution in [2.75, 3.05) is 12.4 Å². The van der Waals surface area contributed by atoms with Gasteiger partial charge in [-0.15, -0.1) is 11.8 Å². The molecule has 2 rings (SSSR count). The Bertz CT molecular complexity index is 658. The topological polar surface area (TPSA) is 130 Å². The fourth-order valence-corrected chi connectivity index (χ4v) is 3.76. The molecule has 2 aliphatic rings. The quantitative estimate of drug-likeness (QED) is 0.362. The summed E-state index contributed by atoms with van der Waals surface area (Å²) in [7, 11) is 0. The van der Waals surface area contributed by atoms with Crippen molar-refractivity contribution in [3.63, 3.8) is 0 Å². The largest absolute Gasteiger partial charge is 0.477 e. The molecule has 0 aliphatic carbocycles. The van der Waals surface area contributed by atoms with Crippen molar-refractivity contribution in [3.8, 4) is 0 Å². The molecule has 2 heterocycles. The van der Waals surface area contributed by atoms with E-state index in [-0.39, 0.29) is 30.3 Å². The van der Waals surface area contributed by atoms with E-state index < -0.39 is 35.2 Å². The van der Waals surface area contributed by atoms with Crippen LogP contribution in [-0.2, 0) is 28.7 Å². The molecule has 1 fully saturated rings. The van der Waals surface area contributed by atoms with Crippen LogP contribution in [0, 0.1) is 0 Å². The summed E-state index contributed by atoms with van der Waals surface area (Å²) in [4.78, 5) is 58.2. The van der Waals surface area contributed by atoms with Gasteiger partial charge in [0.05, 0.1) is 6.42 Å². The molecular formula is C14H16N2O7S. The van der Waals surface area contributed by atoms with Crippen molar-refractivity contribution in [3.05, 3.63) is 11.3 Å². The molecular weight excluding hydrogens is 340 g/mol. The number of carboxylic acid groups (broad SMARTS) is 1. The molecule has 1 saturated heterocycles. The molecule has 0 saturated carbocycles. The molecule has 24 heavy (non-hydrogen) atoms. The van der Waals surface area contributed by atoms with E-state index in [9.17, 15) is 29.1 Å². The Morgan fingerprint density at radius 3 is 2.54 bits per heavy atom. The van der Waals surface area contributed by atoms with Gasteiger partial charge < -0.3 is 15.2 Å². The molecule has 0 aromatic rings. The van der Waals surface area contributed by atoms with Crippen LogP contribution in [0.25, 0.3) is 0 Å². The highest BCUT2D eigenvalue weighted by Gasteiger charge is 2.54. The highest BCUT2D eigenvalue weighted by molar-refractivity contribution is 8.00. The first-order chi connectivity index (χ1) is 11.2. The van der Waals surface area contributed by atoms with E-state index in [0.29, 0.717) is 5.57 Å². The first-order valence-electron chi connectivity index (χ1n) is 7.04. The summed E-state index contributed by atoms with van der Waals surface area (Å²) in [5, 5.41) is 11.3. The predicted molar refractivity (Wildman–Crippen MR) is 81.6 cm³/mol. The molecule has 2 N–H and O–H groups in total. The van der Waals surface area contributed by atoms with Crippen LogP contribution < -0.4 is 5.32 Å². The number of thioether (sulfide) groups is 1. The number of esters is 1. The van der Waals surface area contributed by atoms with Gasteiger partial charge in [0.15, 0.2) is 0 Å². The van der Waals surface area contributed by atoms with Gasteiger partial charge in [0.1, 0.15) is 29.5 Å². The number of amides is 2. The third-order valence-corrected chi connectivity index (χ3v) is 4.77. The Labute approximate surface area is 141 Å². The number of nitrogens with one attached hydrogen (secondary N) is 1. The lowest BCUT2D eigenvalue weighted by molar-refractivity contribution is -0.151. The van der Waals surface area contributed by atoms with E-state index in [0.717, 1.165) is 4.90 Å². The standard InChI is InChI=1S/C14H16N2O7S/c1-6(17)3-9(19)15-10-12(20)16-11(14(21)22)8(4-23-7(2)18)5-24-13(10)16/h10,13H,3-5H2,1-2H3,(H,15,19)(H,21,22)/t10?,13-/m1/s1. The van der Waals surface area contributed by atoms with Gasteiger partial charge in [-0.25, -0.2) is 4.79 Å². The summed E-state index contributed by atoms with van der Waals surface area (Å²) in [6, 6.07) is -0.869. The van der Waals surface area contributed by atoms with Crippen LogP contribution in [-0.4, -0.2) is 63.3 Å². The second-order valence-corrected chi connectivity index (χ2v) is 6.48. The van der Waals surface area contributed by atoms with Gasteiger partial charge in [-0.05, 0) is 6.92 Å². The van der Waals surface area contributed by atoms with Gasteiger partial charge in [-0.2, -0.15) is 0 Å². The number of ketones is 1. The smallest absolute Gasteiger partial charge is 0.352 e. The van der Waals surface area contributed by atoms with Gasteiger partial charge in [-0.3, -0.25) is 24.1 Å². The van der Waals surface area contributed by atoms with E-state index in [1.165, 1.54) is 25.6 Å². The van der Waals surface area contributed by atoms with Crippen molar-refractivity contribution >= 4 is 41.3 Å². The minimum atomic E-state index is -1.30. The Balaban J connectivity index is 2.14. The number of Topliss-reactive ketones (excluding diaryl/α,β-unsaturated/α-hetero) is 1. The van der Waals surface area contributed by atoms with Crippen LogP contribution in [0.1, 0.15) is 20.3 Å². The van der Waals surface area contributed by atoms with Crippen molar-refractivity contribution in [2.45, 2.75) is 31.7 Å². The lowest BCUT2D eigenvalue weighted by Crippen LogP contribution is -2.70. The van der Waals surface area contributed by atoms with E-state index >= 15 is 0 Å². The average molecular weight is 356 g/mol. The number of hydrogen-bond acceptors (Lipinski definition) is 7. The molecule has 0 radical (unpaired) electrons. The van der Waals surface area contributed by atoms with Crippen LogP contribution >= 0.6 is 11.8 Å². The summed E-state index contributed by atoms with van der Waals surface area (Å²) in [6.07, 6.45) is -0.333. The van der Waals surface area contributed by atoms with E-state index in [1.807, 2.05) is 0 Å². The Kier molecular flexibility index (Phi) is 5.27. The maximum atomic E-state index is 12.2. The minimum absolute atomic E-state index is 0.207. The van der Waals surface area contributed by atoms with Crippen LogP contribution in [0.4, 0.5) is 0 Å². The minimum Gasteiger partial charge on any atom is -0.477 e. The van der Waals surface area contributed by atoms with Crippen LogP contribution in [0.2, 0.25) is 0 Å². The molecule has 0 aromatic heterocycles. The normalized spacial score (nSPS) is 22.4. The van der Waals surface area contributed by atoms with Gasteiger partial charge >= 0.3 is 11.9 Å². The number of ether oxygens (including phenoxy) is 1. The number of β-lactam (4-membered cyclic amide) rings is 1. The highest BCUT2D eigenvalue weighted by atomic mass is 32.2. The third-order valence-electron chi connectivity index (χ3n) is 3.43. The number of rotatable bonds is 6. The van der Waals surface area contributed by atoms with Crippen LogP contribution in [0.15, 0.2) is 11.3 Å². The molecule has 2 aliphatic heterocycles. The molecule has 130 valence electrons. The Hall–Kier alpha value is -2.36. The van der Waals surface area contributed by atoms with E-state index in [1.54, 1.807) is 0 Å². The molecule has 2 atom stereocenters. The summed E-state index contributed by atoms with van der Waals surface area (Å²) in [5.74, 6) is -3.08. The summed E-state index contributed by atoms with van der Waals surface area (Å²) in [6.45, 7) is 2.26. The molecule has 0 aromatic carbocycles. The molecule has 10 heteroatoms. The SMILES string of the molecule is CC(=O)CC(=O)NC1C(=O)N2C(C(=O)O)=C(COC(C)=O)CS[C@H]12. The van der Waals surface area contributed by atoms with Crippen LogP contribution in [0.5, 0.6) is 0 Å². The molecule has 1 unspecified atom stereocenters. The Morgan fingerprint density at radius 1 is 1.33 bits per heavy atom.